The van der Waals surface area contributed by atoms with Gasteiger partial charge in [0.15, 0.2) is 5.82 Å². The number of rotatable bonds is 3. The van der Waals surface area contributed by atoms with Gasteiger partial charge in [-0.2, -0.15) is 0 Å². The van der Waals surface area contributed by atoms with Crippen LogP contribution in [-0.4, -0.2) is 15.0 Å². The predicted octanol–water partition coefficient (Wildman–Crippen LogP) is 10.9. The van der Waals surface area contributed by atoms with Crippen LogP contribution in [0.1, 0.15) is 22.3 Å². The van der Waals surface area contributed by atoms with Crippen molar-refractivity contribution in [1.82, 2.24) is 15.0 Å². The van der Waals surface area contributed by atoms with E-state index in [0.29, 0.717) is 5.82 Å². The first-order valence-corrected chi connectivity index (χ1v) is 16.7. The number of hydrogen-bond acceptors (Lipinski definition) is 3. The standard InChI is InChI=1S/C46H29N3/c1-2-12-30(13-3-1)43-29-44(31-24-26-47-27-25-31)49-45(48-43)32-22-23-38-34-15-5-4-14-33(34)35-16-6-9-19-39(35)46(42(38)28-32)40-20-10-7-17-36(40)37-18-8-11-21-41(37)46/h1-29H. The summed E-state index contributed by atoms with van der Waals surface area (Å²) < 4.78 is 0. The Morgan fingerprint density at radius 1 is 0.327 bits per heavy atom. The quantitative estimate of drug-likeness (QED) is 0.197. The van der Waals surface area contributed by atoms with Crippen molar-refractivity contribution in [3.8, 4) is 67.3 Å². The molecule has 0 amide bonds. The van der Waals surface area contributed by atoms with E-state index in [2.05, 4.69) is 151 Å². The van der Waals surface area contributed by atoms with Crippen LogP contribution in [0.5, 0.6) is 0 Å². The second-order valence-electron chi connectivity index (χ2n) is 12.8. The number of benzene rings is 6. The molecule has 8 aromatic rings. The van der Waals surface area contributed by atoms with Crippen LogP contribution >= 0.6 is 0 Å². The maximum absolute atomic E-state index is 5.24. The van der Waals surface area contributed by atoms with Crippen molar-refractivity contribution in [2.75, 3.05) is 0 Å². The molecule has 2 heterocycles. The zero-order valence-corrected chi connectivity index (χ0v) is 26.6. The summed E-state index contributed by atoms with van der Waals surface area (Å²) in [5.41, 5.74) is 16.8. The topological polar surface area (TPSA) is 38.7 Å². The molecule has 49 heavy (non-hydrogen) atoms. The van der Waals surface area contributed by atoms with Gasteiger partial charge in [0.1, 0.15) is 0 Å². The summed E-state index contributed by atoms with van der Waals surface area (Å²) in [6.45, 7) is 0. The van der Waals surface area contributed by atoms with E-state index < -0.39 is 5.41 Å². The number of aromatic nitrogens is 3. The molecule has 10 rings (SSSR count). The lowest BCUT2D eigenvalue weighted by molar-refractivity contribution is 0.775. The Balaban J connectivity index is 1.32. The highest BCUT2D eigenvalue weighted by molar-refractivity contribution is 5.97. The van der Waals surface area contributed by atoms with Crippen molar-refractivity contribution >= 4 is 0 Å². The minimum Gasteiger partial charge on any atom is -0.265 e. The van der Waals surface area contributed by atoms with E-state index in [1.54, 1.807) is 0 Å². The van der Waals surface area contributed by atoms with Crippen LogP contribution < -0.4 is 0 Å². The first kappa shape index (κ1) is 27.6. The van der Waals surface area contributed by atoms with Crippen molar-refractivity contribution < 1.29 is 0 Å². The monoisotopic (exact) mass is 623 g/mol. The minimum atomic E-state index is -0.556. The molecule has 2 aromatic heterocycles. The van der Waals surface area contributed by atoms with Gasteiger partial charge in [-0.1, -0.05) is 140 Å². The molecule has 0 atom stereocenters. The van der Waals surface area contributed by atoms with E-state index in [1.807, 2.05) is 30.6 Å². The van der Waals surface area contributed by atoms with Gasteiger partial charge < -0.3 is 0 Å². The molecule has 0 saturated heterocycles. The molecule has 0 N–H and O–H groups in total. The van der Waals surface area contributed by atoms with Crippen molar-refractivity contribution in [1.29, 1.82) is 0 Å². The van der Waals surface area contributed by atoms with Crippen molar-refractivity contribution in [3.05, 3.63) is 198 Å². The lowest BCUT2D eigenvalue weighted by atomic mass is 9.65. The van der Waals surface area contributed by atoms with Crippen LogP contribution in [0.2, 0.25) is 0 Å². The molecule has 3 nitrogen and oxygen atoms in total. The van der Waals surface area contributed by atoms with E-state index in [4.69, 9.17) is 9.97 Å². The highest BCUT2D eigenvalue weighted by atomic mass is 14.9. The number of pyridine rings is 1. The van der Waals surface area contributed by atoms with Crippen LogP contribution in [0, 0.1) is 0 Å². The lowest BCUT2D eigenvalue weighted by Gasteiger charge is -2.35. The highest BCUT2D eigenvalue weighted by Crippen LogP contribution is 2.61. The molecule has 0 bridgehead atoms. The Kier molecular flexibility index (Phi) is 6.09. The van der Waals surface area contributed by atoms with Gasteiger partial charge >= 0.3 is 0 Å². The molecule has 0 aliphatic heterocycles. The van der Waals surface area contributed by atoms with E-state index in [0.717, 1.165) is 28.1 Å². The van der Waals surface area contributed by atoms with Gasteiger partial charge in [-0.05, 0) is 79.9 Å². The predicted molar refractivity (Wildman–Crippen MR) is 198 cm³/mol. The Morgan fingerprint density at radius 3 is 1.35 bits per heavy atom. The smallest absolute Gasteiger partial charge is 0.160 e. The molecular formula is C46H29N3. The highest BCUT2D eigenvalue weighted by Gasteiger charge is 2.49. The second kappa shape index (κ2) is 10.8. The van der Waals surface area contributed by atoms with E-state index in [-0.39, 0.29) is 0 Å². The van der Waals surface area contributed by atoms with Gasteiger partial charge in [-0.25, -0.2) is 9.97 Å². The zero-order valence-electron chi connectivity index (χ0n) is 26.6. The molecule has 3 heteroatoms. The molecule has 6 aromatic carbocycles. The molecule has 0 fully saturated rings. The lowest BCUT2D eigenvalue weighted by Crippen LogP contribution is -2.29. The summed E-state index contributed by atoms with van der Waals surface area (Å²) in [7, 11) is 0. The fourth-order valence-electron chi connectivity index (χ4n) is 8.19. The fraction of sp³-hybridized carbons (Fsp3) is 0.0217. The van der Waals surface area contributed by atoms with Gasteiger partial charge in [0.2, 0.25) is 0 Å². The molecule has 1 spiro atoms. The molecular weight excluding hydrogens is 595 g/mol. The number of hydrogen-bond donors (Lipinski definition) is 0. The van der Waals surface area contributed by atoms with Gasteiger partial charge in [0.25, 0.3) is 0 Å². The van der Waals surface area contributed by atoms with Gasteiger partial charge in [-0.3, -0.25) is 4.98 Å². The van der Waals surface area contributed by atoms with Gasteiger partial charge in [0, 0.05) is 29.1 Å². The SMILES string of the molecule is c1ccc(-c2cc(-c3ccncc3)nc(-c3ccc4c(c3)C3(c5ccccc5-c5ccccc5-4)c4ccccc4-c4ccccc43)n2)cc1. The fourth-order valence-corrected chi connectivity index (χ4v) is 8.19. The normalized spacial score (nSPS) is 13.1. The Hall–Kier alpha value is -6.45. The summed E-state index contributed by atoms with van der Waals surface area (Å²) in [6.07, 6.45) is 3.63. The first-order chi connectivity index (χ1) is 24.3. The summed E-state index contributed by atoms with van der Waals surface area (Å²) in [5.74, 6) is 0.691. The average Bonchev–Trinajstić information content (AvgIpc) is 3.43. The first-order valence-electron chi connectivity index (χ1n) is 16.7. The summed E-state index contributed by atoms with van der Waals surface area (Å²) in [4.78, 5) is 14.7. The molecule has 2 aliphatic rings. The van der Waals surface area contributed by atoms with Crippen LogP contribution in [0.4, 0.5) is 0 Å². The number of nitrogens with zero attached hydrogens (tertiary/aromatic N) is 3. The van der Waals surface area contributed by atoms with Crippen LogP contribution in [0.25, 0.3) is 67.3 Å². The summed E-state index contributed by atoms with van der Waals surface area (Å²) in [6, 6.07) is 59.0. The summed E-state index contributed by atoms with van der Waals surface area (Å²) in [5, 5.41) is 0. The third kappa shape index (κ3) is 4.06. The average molecular weight is 624 g/mol. The molecule has 2 aliphatic carbocycles. The van der Waals surface area contributed by atoms with Crippen molar-refractivity contribution in [2.45, 2.75) is 5.41 Å². The molecule has 0 saturated carbocycles. The molecule has 0 radical (unpaired) electrons. The van der Waals surface area contributed by atoms with Crippen molar-refractivity contribution in [2.24, 2.45) is 0 Å². The maximum atomic E-state index is 5.24. The third-order valence-electron chi connectivity index (χ3n) is 10.2. The summed E-state index contributed by atoms with van der Waals surface area (Å²) >= 11 is 0. The number of fused-ring (bicyclic) bond motifs is 12. The van der Waals surface area contributed by atoms with E-state index in [1.165, 1.54) is 55.6 Å². The van der Waals surface area contributed by atoms with Gasteiger partial charge in [0.05, 0.1) is 16.8 Å². The largest absolute Gasteiger partial charge is 0.265 e. The Labute approximate surface area is 285 Å². The minimum absolute atomic E-state index is 0.556. The van der Waals surface area contributed by atoms with Crippen LogP contribution in [0.3, 0.4) is 0 Å². The zero-order chi connectivity index (χ0) is 32.4. The Morgan fingerprint density at radius 2 is 0.776 bits per heavy atom. The third-order valence-corrected chi connectivity index (χ3v) is 10.2. The van der Waals surface area contributed by atoms with Gasteiger partial charge in [-0.15, -0.1) is 0 Å². The maximum Gasteiger partial charge on any atom is 0.160 e. The molecule has 228 valence electrons. The van der Waals surface area contributed by atoms with Crippen LogP contribution in [0.15, 0.2) is 176 Å². The van der Waals surface area contributed by atoms with E-state index >= 15 is 0 Å². The second-order valence-corrected chi connectivity index (χ2v) is 12.8. The van der Waals surface area contributed by atoms with E-state index in [9.17, 15) is 0 Å². The molecule has 0 unspecified atom stereocenters. The van der Waals surface area contributed by atoms with Crippen molar-refractivity contribution in [3.63, 3.8) is 0 Å². The van der Waals surface area contributed by atoms with Crippen LogP contribution in [-0.2, 0) is 5.41 Å². The Bertz CT molecular complexity index is 2450.